The summed E-state index contributed by atoms with van der Waals surface area (Å²) in [5.74, 6) is -0.961. The van der Waals surface area contributed by atoms with Gasteiger partial charge >= 0.3 is 12.1 Å². The highest BCUT2D eigenvalue weighted by Crippen LogP contribution is 2.14. The number of nitriles is 1. The minimum Gasteiger partial charge on any atom is -0.462 e. The third-order valence-corrected chi connectivity index (χ3v) is 3.53. The average Bonchev–Trinajstić information content (AvgIpc) is 2.69. The second kappa shape index (κ2) is 10.3. The lowest BCUT2D eigenvalue weighted by Crippen LogP contribution is -2.17. The van der Waals surface area contributed by atoms with Gasteiger partial charge < -0.3 is 14.8 Å². The van der Waals surface area contributed by atoms with Crippen LogP contribution in [0.2, 0.25) is 0 Å². The summed E-state index contributed by atoms with van der Waals surface area (Å²) >= 11 is 0. The van der Waals surface area contributed by atoms with Gasteiger partial charge in [0.2, 0.25) is 5.91 Å². The van der Waals surface area contributed by atoms with Crippen molar-refractivity contribution in [2.75, 3.05) is 23.8 Å². The van der Waals surface area contributed by atoms with E-state index in [2.05, 4.69) is 10.6 Å². The quantitative estimate of drug-likeness (QED) is 0.711. The molecule has 0 bridgehead atoms. The molecular formula is C20H19N3O5. The van der Waals surface area contributed by atoms with Gasteiger partial charge in [-0.15, -0.1) is 0 Å². The molecule has 0 spiro atoms. The molecule has 144 valence electrons. The lowest BCUT2D eigenvalue weighted by Gasteiger charge is -2.08. The number of carbonyl (C=O) groups is 3. The number of esters is 1. The van der Waals surface area contributed by atoms with E-state index in [1.807, 2.05) is 6.07 Å². The SMILES string of the molecule is CCOC(=O)Nc1ccc(C(=O)OCCC(=O)Nc2ccccc2C#N)cc1. The van der Waals surface area contributed by atoms with Gasteiger partial charge in [-0.25, -0.2) is 9.59 Å². The molecule has 0 aliphatic rings. The maximum Gasteiger partial charge on any atom is 0.411 e. The number of amides is 2. The molecule has 0 saturated heterocycles. The Kier molecular flexibility index (Phi) is 7.54. The van der Waals surface area contributed by atoms with Crippen molar-refractivity contribution in [1.29, 1.82) is 5.26 Å². The standard InChI is InChI=1S/C20H19N3O5/c1-2-27-20(26)22-16-9-7-14(8-10-16)19(25)28-12-11-18(24)23-17-6-4-3-5-15(17)13-21/h3-10H,2,11-12H2,1H3,(H,22,26)(H,23,24). The Morgan fingerprint density at radius 1 is 1.00 bits per heavy atom. The number of carbonyl (C=O) groups excluding carboxylic acids is 3. The Balaban J connectivity index is 1.79. The molecular weight excluding hydrogens is 362 g/mol. The normalized spacial score (nSPS) is 9.71. The summed E-state index contributed by atoms with van der Waals surface area (Å²) in [6.07, 6.45) is -0.629. The zero-order valence-electron chi connectivity index (χ0n) is 15.2. The molecule has 0 radical (unpaired) electrons. The van der Waals surface area contributed by atoms with E-state index < -0.39 is 12.1 Å². The molecule has 0 aliphatic heterocycles. The van der Waals surface area contributed by atoms with Gasteiger partial charge in [-0.3, -0.25) is 10.1 Å². The third-order valence-electron chi connectivity index (χ3n) is 3.53. The number of rotatable bonds is 7. The second-order valence-corrected chi connectivity index (χ2v) is 5.51. The van der Waals surface area contributed by atoms with E-state index in [9.17, 15) is 14.4 Å². The van der Waals surface area contributed by atoms with Crippen LogP contribution in [0.5, 0.6) is 0 Å². The maximum atomic E-state index is 12.0. The number of ether oxygens (including phenoxy) is 2. The van der Waals surface area contributed by atoms with Crippen LogP contribution in [0.3, 0.4) is 0 Å². The summed E-state index contributed by atoms with van der Waals surface area (Å²) in [6, 6.07) is 14.7. The van der Waals surface area contributed by atoms with Gasteiger partial charge in [0.05, 0.1) is 29.8 Å². The second-order valence-electron chi connectivity index (χ2n) is 5.51. The van der Waals surface area contributed by atoms with Crippen molar-refractivity contribution in [3.63, 3.8) is 0 Å². The first kappa shape index (κ1) is 20.5. The third kappa shape index (κ3) is 6.14. The van der Waals surface area contributed by atoms with Crippen LogP contribution in [0.25, 0.3) is 0 Å². The Labute approximate surface area is 162 Å². The molecule has 0 heterocycles. The molecule has 2 aromatic carbocycles. The Morgan fingerprint density at radius 3 is 2.39 bits per heavy atom. The maximum absolute atomic E-state index is 12.0. The highest BCUT2D eigenvalue weighted by atomic mass is 16.5. The topological polar surface area (TPSA) is 118 Å². The van der Waals surface area contributed by atoms with Crippen LogP contribution in [0.1, 0.15) is 29.3 Å². The van der Waals surface area contributed by atoms with Gasteiger partial charge in [-0.05, 0) is 43.3 Å². The zero-order valence-corrected chi connectivity index (χ0v) is 15.2. The highest BCUT2D eigenvalue weighted by molar-refractivity contribution is 5.93. The smallest absolute Gasteiger partial charge is 0.411 e. The van der Waals surface area contributed by atoms with Gasteiger partial charge in [0.1, 0.15) is 12.7 Å². The van der Waals surface area contributed by atoms with Crippen molar-refractivity contribution in [3.05, 3.63) is 59.7 Å². The Hall–Kier alpha value is -3.86. The predicted octanol–water partition coefficient (Wildman–Crippen LogP) is 3.31. The number of nitrogens with zero attached hydrogens (tertiary/aromatic N) is 1. The predicted molar refractivity (Wildman–Crippen MR) is 102 cm³/mol. The minimum absolute atomic E-state index is 0.0476. The van der Waals surface area contributed by atoms with E-state index in [4.69, 9.17) is 14.7 Å². The number of para-hydroxylation sites is 1. The molecule has 2 aromatic rings. The van der Waals surface area contributed by atoms with Gasteiger partial charge in [0, 0.05) is 5.69 Å². The van der Waals surface area contributed by atoms with Crippen LogP contribution in [-0.2, 0) is 14.3 Å². The van der Waals surface area contributed by atoms with Crippen molar-refractivity contribution in [1.82, 2.24) is 0 Å². The molecule has 0 aliphatic carbocycles. The number of benzene rings is 2. The minimum atomic E-state index is -0.590. The summed E-state index contributed by atoms with van der Waals surface area (Å²) in [6.45, 7) is 1.84. The van der Waals surface area contributed by atoms with Crippen molar-refractivity contribution in [3.8, 4) is 6.07 Å². The summed E-state index contributed by atoms with van der Waals surface area (Å²) in [4.78, 5) is 35.3. The molecule has 0 saturated carbocycles. The van der Waals surface area contributed by atoms with E-state index in [1.165, 1.54) is 12.1 Å². The molecule has 2 rings (SSSR count). The molecule has 0 atom stereocenters. The van der Waals surface area contributed by atoms with Crippen molar-refractivity contribution < 1.29 is 23.9 Å². The molecule has 2 amide bonds. The number of hydrogen-bond acceptors (Lipinski definition) is 6. The monoisotopic (exact) mass is 381 g/mol. The van der Waals surface area contributed by atoms with Crippen LogP contribution in [0.15, 0.2) is 48.5 Å². The van der Waals surface area contributed by atoms with E-state index in [0.29, 0.717) is 16.9 Å². The lowest BCUT2D eigenvalue weighted by atomic mass is 10.2. The molecule has 0 fully saturated rings. The summed E-state index contributed by atoms with van der Waals surface area (Å²) in [7, 11) is 0. The number of nitrogens with one attached hydrogen (secondary N) is 2. The van der Waals surface area contributed by atoms with Gasteiger partial charge in [-0.1, -0.05) is 12.1 Å². The Bertz CT molecular complexity index is 887. The van der Waals surface area contributed by atoms with Crippen LogP contribution in [-0.4, -0.2) is 31.2 Å². The van der Waals surface area contributed by atoms with Crippen molar-refractivity contribution in [2.24, 2.45) is 0 Å². The lowest BCUT2D eigenvalue weighted by molar-refractivity contribution is -0.116. The number of anilines is 2. The van der Waals surface area contributed by atoms with Crippen molar-refractivity contribution in [2.45, 2.75) is 13.3 Å². The average molecular weight is 381 g/mol. The highest BCUT2D eigenvalue weighted by Gasteiger charge is 2.11. The molecule has 28 heavy (non-hydrogen) atoms. The van der Waals surface area contributed by atoms with E-state index in [-0.39, 0.29) is 31.1 Å². The van der Waals surface area contributed by atoms with Gasteiger partial charge in [0.25, 0.3) is 0 Å². The first-order chi connectivity index (χ1) is 13.5. The fraction of sp³-hybridized carbons (Fsp3) is 0.200. The summed E-state index contributed by atoms with van der Waals surface area (Å²) in [5, 5.41) is 14.1. The Morgan fingerprint density at radius 2 is 1.71 bits per heavy atom. The molecule has 0 unspecified atom stereocenters. The number of hydrogen-bond donors (Lipinski definition) is 2. The van der Waals surface area contributed by atoms with Crippen molar-refractivity contribution >= 4 is 29.3 Å². The van der Waals surface area contributed by atoms with Gasteiger partial charge in [0.15, 0.2) is 0 Å². The molecule has 8 heteroatoms. The first-order valence-corrected chi connectivity index (χ1v) is 8.53. The van der Waals surface area contributed by atoms with Crippen LogP contribution >= 0.6 is 0 Å². The molecule has 2 N–H and O–H groups in total. The van der Waals surface area contributed by atoms with Crippen LogP contribution in [0, 0.1) is 11.3 Å². The van der Waals surface area contributed by atoms with Gasteiger partial charge in [-0.2, -0.15) is 5.26 Å². The molecule has 8 nitrogen and oxygen atoms in total. The largest absolute Gasteiger partial charge is 0.462 e. The zero-order chi connectivity index (χ0) is 20.4. The summed E-state index contributed by atoms with van der Waals surface area (Å²) in [5.41, 5.74) is 1.52. The molecule has 0 aromatic heterocycles. The summed E-state index contributed by atoms with van der Waals surface area (Å²) < 4.78 is 9.83. The fourth-order valence-electron chi connectivity index (χ4n) is 2.20. The van der Waals surface area contributed by atoms with Crippen LogP contribution in [0.4, 0.5) is 16.2 Å². The van der Waals surface area contributed by atoms with E-state index >= 15 is 0 Å². The fourth-order valence-corrected chi connectivity index (χ4v) is 2.20. The van der Waals surface area contributed by atoms with Crippen LogP contribution < -0.4 is 10.6 Å². The van der Waals surface area contributed by atoms with E-state index in [0.717, 1.165) is 0 Å². The van der Waals surface area contributed by atoms with E-state index in [1.54, 1.807) is 43.3 Å². The first-order valence-electron chi connectivity index (χ1n) is 8.53.